The number of aliphatic carboxylic acids is 1. The van der Waals surface area contributed by atoms with E-state index in [0.717, 1.165) is 16.7 Å². The van der Waals surface area contributed by atoms with Gasteiger partial charge in [-0.1, -0.05) is 30.3 Å². The second kappa shape index (κ2) is 5.42. The molecule has 0 radical (unpaired) electrons. The summed E-state index contributed by atoms with van der Waals surface area (Å²) < 4.78 is 0. The molecule has 3 N–H and O–H groups in total. The van der Waals surface area contributed by atoms with Gasteiger partial charge in [-0.15, -0.1) is 0 Å². The van der Waals surface area contributed by atoms with Gasteiger partial charge in [-0.3, -0.25) is 9.78 Å². The van der Waals surface area contributed by atoms with E-state index in [9.17, 15) is 4.79 Å². The Morgan fingerprint density at radius 2 is 2.06 bits per heavy atom. The molecule has 92 valence electrons. The van der Waals surface area contributed by atoms with Crippen LogP contribution in [0.3, 0.4) is 0 Å². The van der Waals surface area contributed by atoms with E-state index >= 15 is 0 Å². The molecular formula is C14H14N2O2. The van der Waals surface area contributed by atoms with Gasteiger partial charge in [0, 0.05) is 18.0 Å². The molecule has 1 aromatic carbocycles. The molecule has 0 saturated carbocycles. The summed E-state index contributed by atoms with van der Waals surface area (Å²) in [6.45, 7) is 0. The molecule has 0 aliphatic heterocycles. The van der Waals surface area contributed by atoms with Crippen LogP contribution in [0.1, 0.15) is 5.56 Å². The topological polar surface area (TPSA) is 76.2 Å². The first-order valence-electron chi connectivity index (χ1n) is 5.65. The van der Waals surface area contributed by atoms with Crippen molar-refractivity contribution < 1.29 is 9.90 Å². The molecule has 0 amide bonds. The summed E-state index contributed by atoms with van der Waals surface area (Å²) in [5.41, 5.74) is 8.44. The summed E-state index contributed by atoms with van der Waals surface area (Å²) in [5.74, 6) is -0.990. The molecule has 18 heavy (non-hydrogen) atoms. The lowest BCUT2D eigenvalue weighted by molar-refractivity contribution is -0.138. The molecule has 1 atom stereocenters. The van der Waals surface area contributed by atoms with Gasteiger partial charge in [0.2, 0.25) is 0 Å². The number of carbonyl (C=O) groups is 1. The molecule has 0 bridgehead atoms. The lowest BCUT2D eigenvalue weighted by atomic mass is 9.96. The molecule has 0 aliphatic rings. The quantitative estimate of drug-likeness (QED) is 0.855. The summed E-state index contributed by atoms with van der Waals surface area (Å²) in [6.07, 6.45) is 3.76. The Morgan fingerprint density at radius 3 is 2.72 bits per heavy atom. The third-order valence-corrected chi connectivity index (χ3v) is 2.75. The van der Waals surface area contributed by atoms with E-state index < -0.39 is 12.0 Å². The fraction of sp³-hybridized carbons (Fsp3) is 0.143. The number of carboxylic acid groups (broad SMARTS) is 1. The Labute approximate surface area is 105 Å². The van der Waals surface area contributed by atoms with Crippen molar-refractivity contribution in [3.8, 4) is 11.1 Å². The van der Waals surface area contributed by atoms with Crippen LogP contribution < -0.4 is 5.73 Å². The molecule has 0 unspecified atom stereocenters. The van der Waals surface area contributed by atoms with Crippen LogP contribution in [-0.4, -0.2) is 22.1 Å². The van der Waals surface area contributed by atoms with Crippen molar-refractivity contribution in [1.29, 1.82) is 0 Å². The Balaban J connectivity index is 2.35. The minimum absolute atomic E-state index is 0.306. The zero-order valence-corrected chi connectivity index (χ0v) is 9.78. The molecule has 4 nitrogen and oxygen atoms in total. The van der Waals surface area contributed by atoms with Crippen LogP contribution in [0, 0.1) is 0 Å². The fourth-order valence-corrected chi connectivity index (χ4v) is 1.83. The molecular weight excluding hydrogens is 228 g/mol. The van der Waals surface area contributed by atoms with Gasteiger partial charge in [0.1, 0.15) is 6.04 Å². The highest BCUT2D eigenvalue weighted by Gasteiger charge is 2.14. The zero-order chi connectivity index (χ0) is 13.0. The van der Waals surface area contributed by atoms with E-state index in [4.69, 9.17) is 10.8 Å². The van der Waals surface area contributed by atoms with Gasteiger partial charge in [-0.2, -0.15) is 0 Å². The highest BCUT2D eigenvalue weighted by atomic mass is 16.4. The second-order valence-electron chi connectivity index (χ2n) is 4.05. The van der Waals surface area contributed by atoms with Crippen LogP contribution in [0.4, 0.5) is 0 Å². The lowest BCUT2D eigenvalue weighted by Gasteiger charge is -2.11. The predicted octanol–water partition coefficient (Wildman–Crippen LogP) is 1.70. The summed E-state index contributed by atoms with van der Waals surface area (Å²) >= 11 is 0. The van der Waals surface area contributed by atoms with Gasteiger partial charge in [0.15, 0.2) is 0 Å². The van der Waals surface area contributed by atoms with Crippen molar-refractivity contribution in [2.24, 2.45) is 5.73 Å². The van der Waals surface area contributed by atoms with Gasteiger partial charge >= 0.3 is 5.97 Å². The van der Waals surface area contributed by atoms with Crippen molar-refractivity contribution in [3.63, 3.8) is 0 Å². The molecule has 4 heteroatoms. The van der Waals surface area contributed by atoms with Crippen molar-refractivity contribution in [2.45, 2.75) is 12.5 Å². The summed E-state index contributed by atoms with van der Waals surface area (Å²) in [6, 6.07) is 10.5. The first kappa shape index (κ1) is 12.3. The number of hydrogen-bond donors (Lipinski definition) is 2. The average Bonchev–Trinajstić information content (AvgIpc) is 2.40. The normalized spacial score (nSPS) is 12.1. The Hall–Kier alpha value is -2.20. The monoisotopic (exact) mass is 242 g/mol. The molecule has 2 aromatic rings. The molecule has 0 spiro atoms. The maximum absolute atomic E-state index is 10.8. The molecule has 1 aromatic heterocycles. The molecule has 0 aliphatic carbocycles. The number of rotatable bonds is 4. The van der Waals surface area contributed by atoms with E-state index in [0.29, 0.717) is 6.42 Å². The number of nitrogens with two attached hydrogens (primary N) is 1. The Kier molecular flexibility index (Phi) is 3.69. The van der Waals surface area contributed by atoms with E-state index in [-0.39, 0.29) is 0 Å². The SMILES string of the molecule is N[C@@H](Cc1ccccc1-c1cccnc1)C(=O)O. The summed E-state index contributed by atoms with van der Waals surface area (Å²) in [5, 5.41) is 8.87. The van der Waals surface area contributed by atoms with Gasteiger partial charge in [-0.05, 0) is 23.6 Å². The fourth-order valence-electron chi connectivity index (χ4n) is 1.83. The average molecular weight is 242 g/mol. The molecule has 0 fully saturated rings. The zero-order valence-electron chi connectivity index (χ0n) is 9.78. The summed E-state index contributed by atoms with van der Waals surface area (Å²) in [7, 11) is 0. The van der Waals surface area contributed by atoms with E-state index in [2.05, 4.69) is 4.98 Å². The van der Waals surface area contributed by atoms with Crippen LogP contribution in [0.15, 0.2) is 48.8 Å². The standard InChI is InChI=1S/C14H14N2O2/c15-13(14(17)18)8-10-4-1-2-6-12(10)11-5-3-7-16-9-11/h1-7,9,13H,8,15H2,(H,17,18)/t13-/m0/s1. The number of aromatic nitrogens is 1. The minimum atomic E-state index is -0.990. The highest BCUT2D eigenvalue weighted by Crippen LogP contribution is 2.23. The largest absolute Gasteiger partial charge is 0.480 e. The van der Waals surface area contributed by atoms with Crippen molar-refractivity contribution >= 4 is 5.97 Å². The molecule has 1 heterocycles. The Morgan fingerprint density at radius 1 is 1.28 bits per heavy atom. The highest BCUT2D eigenvalue weighted by molar-refractivity contribution is 5.75. The number of pyridine rings is 1. The van der Waals surface area contributed by atoms with Crippen LogP contribution >= 0.6 is 0 Å². The predicted molar refractivity (Wildman–Crippen MR) is 69.0 cm³/mol. The number of nitrogens with zero attached hydrogens (tertiary/aromatic N) is 1. The molecule has 0 saturated heterocycles. The maximum Gasteiger partial charge on any atom is 0.320 e. The van der Waals surface area contributed by atoms with E-state index in [1.807, 2.05) is 36.4 Å². The second-order valence-corrected chi connectivity index (χ2v) is 4.05. The third-order valence-electron chi connectivity index (χ3n) is 2.75. The van der Waals surface area contributed by atoms with E-state index in [1.54, 1.807) is 12.4 Å². The van der Waals surface area contributed by atoms with Crippen LogP contribution in [0.25, 0.3) is 11.1 Å². The van der Waals surface area contributed by atoms with Gasteiger partial charge in [-0.25, -0.2) is 0 Å². The molecule has 2 rings (SSSR count). The lowest BCUT2D eigenvalue weighted by Crippen LogP contribution is -2.32. The minimum Gasteiger partial charge on any atom is -0.480 e. The number of carboxylic acids is 1. The Bertz CT molecular complexity index is 541. The number of hydrogen-bond acceptors (Lipinski definition) is 3. The van der Waals surface area contributed by atoms with E-state index in [1.165, 1.54) is 0 Å². The van der Waals surface area contributed by atoms with Crippen molar-refractivity contribution in [3.05, 3.63) is 54.4 Å². The van der Waals surface area contributed by atoms with Crippen LogP contribution in [0.2, 0.25) is 0 Å². The summed E-state index contributed by atoms with van der Waals surface area (Å²) in [4.78, 5) is 14.9. The van der Waals surface area contributed by atoms with Crippen LogP contribution in [0.5, 0.6) is 0 Å². The van der Waals surface area contributed by atoms with Gasteiger partial charge < -0.3 is 10.8 Å². The smallest absolute Gasteiger partial charge is 0.320 e. The van der Waals surface area contributed by atoms with Crippen molar-refractivity contribution in [1.82, 2.24) is 4.98 Å². The third kappa shape index (κ3) is 2.73. The van der Waals surface area contributed by atoms with Gasteiger partial charge in [0.05, 0.1) is 0 Å². The number of benzene rings is 1. The maximum atomic E-state index is 10.8. The van der Waals surface area contributed by atoms with Gasteiger partial charge in [0.25, 0.3) is 0 Å². The first-order valence-corrected chi connectivity index (χ1v) is 5.65. The van der Waals surface area contributed by atoms with Crippen LogP contribution in [-0.2, 0) is 11.2 Å². The van der Waals surface area contributed by atoms with Crippen molar-refractivity contribution in [2.75, 3.05) is 0 Å². The first-order chi connectivity index (χ1) is 8.68.